The van der Waals surface area contributed by atoms with Gasteiger partial charge in [0.2, 0.25) is 0 Å². The van der Waals surface area contributed by atoms with Crippen molar-refractivity contribution in [3.05, 3.63) is 24.3 Å². The second kappa shape index (κ2) is 4.23. The van der Waals surface area contributed by atoms with Crippen molar-refractivity contribution in [2.24, 2.45) is 22.7 Å². The summed E-state index contributed by atoms with van der Waals surface area (Å²) >= 11 is 0. The Bertz CT molecular complexity index is 383. The maximum Gasteiger partial charge on any atom is 0.0607 e. The third-order valence-corrected chi connectivity index (χ3v) is 6.24. The van der Waals surface area contributed by atoms with Gasteiger partial charge in [0, 0.05) is 5.41 Å². The van der Waals surface area contributed by atoms with Gasteiger partial charge in [0.1, 0.15) is 0 Å². The minimum absolute atomic E-state index is 0.00252. The first-order valence-electron chi connectivity index (χ1n) is 7.25. The predicted octanol–water partition coefficient (Wildman–Crippen LogP) is 4.33. The lowest BCUT2D eigenvalue weighted by Gasteiger charge is -2.60. The van der Waals surface area contributed by atoms with E-state index in [-0.39, 0.29) is 16.9 Å². The zero-order valence-corrected chi connectivity index (χ0v) is 12.4. The van der Waals surface area contributed by atoms with Crippen LogP contribution in [0.4, 0.5) is 0 Å². The SMILES string of the molecule is C=C(C)[C@@H]1CC[C@@]2(C)[C@H](O)C[C@H](C)C(=C)[C@]2(C)C1. The van der Waals surface area contributed by atoms with Crippen molar-refractivity contribution >= 4 is 0 Å². The van der Waals surface area contributed by atoms with Crippen LogP contribution in [0.5, 0.6) is 0 Å². The highest BCUT2D eigenvalue weighted by Crippen LogP contribution is 2.63. The van der Waals surface area contributed by atoms with Crippen LogP contribution < -0.4 is 0 Å². The molecule has 0 radical (unpaired) electrons. The molecule has 0 aliphatic heterocycles. The number of aliphatic hydroxyl groups excluding tert-OH is 1. The molecule has 1 N–H and O–H groups in total. The lowest BCUT2D eigenvalue weighted by atomic mass is 9.45. The van der Waals surface area contributed by atoms with E-state index in [1.165, 1.54) is 17.6 Å². The molecule has 0 aromatic rings. The van der Waals surface area contributed by atoms with E-state index in [2.05, 4.69) is 40.9 Å². The number of allylic oxidation sites excluding steroid dienone is 2. The number of fused-ring (bicyclic) bond motifs is 1. The zero-order chi connectivity index (χ0) is 13.7. The molecule has 2 saturated carbocycles. The van der Waals surface area contributed by atoms with Crippen LogP contribution in [-0.2, 0) is 0 Å². The van der Waals surface area contributed by atoms with Gasteiger partial charge in [0.05, 0.1) is 6.10 Å². The third kappa shape index (κ3) is 1.71. The molecule has 5 atom stereocenters. The van der Waals surface area contributed by atoms with Gasteiger partial charge in [-0.1, -0.05) is 45.1 Å². The Morgan fingerprint density at radius 1 is 1.39 bits per heavy atom. The Morgan fingerprint density at radius 3 is 2.56 bits per heavy atom. The second-order valence-corrected chi connectivity index (χ2v) is 7.21. The van der Waals surface area contributed by atoms with Crippen LogP contribution in [0.2, 0.25) is 0 Å². The van der Waals surface area contributed by atoms with Gasteiger partial charge in [-0.2, -0.15) is 0 Å². The summed E-state index contributed by atoms with van der Waals surface area (Å²) in [4.78, 5) is 0. The van der Waals surface area contributed by atoms with E-state index in [1.807, 2.05) is 0 Å². The molecule has 2 fully saturated rings. The first-order valence-corrected chi connectivity index (χ1v) is 7.25. The Labute approximate surface area is 112 Å². The van der Waals surface area contributed by atoms with Crippen molar-refractivity contribution in [2.75, 3.05) is 0 Å². The molecule has 0 aromatic heterocycles. The van der Waals surface area contributed by atoms with Crippen LogP contribution in [-0.4, -0.2) is 11.2 Å². The second-order valence-electron chi connectivity index (χ2n) is 7.21. The molecule has 18 heavy (non-hydrogen) atoms. The summed E-state index contributed by atoms with van der Waals surface area (Å²) < 4.78 is 0. The number of aliphatic hydroxyl groups is 1. The molecule has 0 spiro atoms. The number of rotatable bonds is 1. The van der Waals surface area contributed by atoms with Crippen LogP contribution in [0, 0.1) is 22.7 Å². The van der Waals surface area contributed by atoms with Crippen molar-refractivity contribution in [2.45, 2.75) is 59.5 Å². The molecule has 1 nitrogen and oxygen atoms in total. The lowest BCUT2D eigenvalue weighted by Crippen LogP contribution is -2.55. The van der Waals surface area contributed by atoms with Crippen molar-refractivity contribution in [1.29, 1.82) is 0 Å². The minimum atomic E-state index is -0.186. The standard InChI is InChI=1S/C17H28O/c1-11(2)14-7-8-16(5)15(18)9-12(3)13(4)17(16,6)10-14/h12,14-15,18H,1,4,7-10H2,2-3,5-6H3/t12-,14+,15+,16-,17-/m0/s1. The molecule has 2 rings (SSSR count). The molecule has 2 aliphatic rings. The van der Waals surface area contributed by atoms with Gasteiger partial charge in [-0.3, -0.25) is 0 Å². The smallest absolute Gasteiger partial charge is 0.0607 e. The van der Waals surface area contributed by atoms with E-state index >= 15 is 0 Å². The summed E-state index contributed by atoms with van der Waals surface area (Å²) in [6.45, 7) is 17.5. The van der Waals surface area contributed by atoms with Crippen molar-refractivity contribution in [3.8, 4) is 0 Å². The summed E-state index contributed by atoms with van der Waals surface area (Å²) in [5, 5.41) is 10.6. The van der Waals surface area contributed by atoms with E-state index in [9.17, 15) is 5.11 Å². The highest BCUT2D eigenvalue weighted by molar-refractivity contribution is 5.26. The summed E-state index contributed by atoms with van der Waals surface area (Å²) in [6.07, 6.45) is 4.06. The van der Waals surface area contributed by atoms with Gasteiger partial charge in [-0.05, 0) is 49.9 Å². The minimum Gasteiger partial charge on any atom is -0.393 e. The van der Waals surface area contributed by atoms with Gasteiger partial charge in [-0.15, -0.1) is 0 Å². The molecule has 0 amide bonds. The van der Waals surface area contributed by atoms with E-state index in [0.717, 1.165) is 19.3 Å². The van der Waals surface area contributed by atoms with Gasteiger partial charge in [-0.25, -0.2) is 0 Å². The fourth-order valence-electron chi connectivity index (χ4n) is 4.31. The predicted molar refractivity (Wildman–Crippen MR) is 77.3 cm³/mol. The van der Waals surface area contributed by atoms with Crippen LogP contribution in [0.15, 0.2) is 24.3 Å². The molecule has 0 bridgehead atoms. The molecule has 2 aliphatic carbocycles. The Kier molecular flexibility index (Phi) is 3.26. The van der Waals surface area contributed by atoms with Crippen LogP contribution in [0.1, 0.15) is 53.4 Å². The van der Waals surface area contributed by atoms with Crippen LogP contribution in [0.25, 0.3) is 0 Å². The largest absolute Gasteiger partial charge is 0.393 e. The molecule has 0 heterocycles. The molecule has 102 valence electrons. The maximum atomic E-state index is 10.6. The molecule has 0 saturated heterocycles. The quantitative estimate of drug-likeness (QED) is 0.685. The summed E-state index contributed by atoms with van der Waals surface area (Å²) in [5.74, 6) is 1.03. The fourth-order valence-corrected chi connectivity index (χ4v) is 4.31. The molecule has 0 unspecified atom stereocenters. The Hall–Kier alpha value is -0.560. The van der Waals surface area contributed by atoms with Gasteiger partial charge in [0.25, 0.3) is 0 Å². The summed E-state index contributed by atoms with van der Waals surface area (Å²) in [6, 6.07) is 0. The van der Waals surface area contributed by atoms with Gasteiger partial charge >= 0.3 is 0 Å². The Morgan fingerprint density at radius 2 is 2.00 bits per heavy atom. The normalized spacial score (nSPS) is 48.7. The molecule has 0 aromatic carbocycles. The highest BCUT2D eigenvalue weighted by Gasteiger charge is 2.57. The van der Waals surface area contributed by atoms with Crippen LogP contribution in [0.3, 0.4) is 0 Å². The fraction of sp³-hybridized carbons (Fsp3) is 0.765. The topological polar surface area (TPSA) is 20.2 Å². The summed E-state index contributed by atoms with van der Waals surface area (Å²) in [7, 11) is 0. The first kappa shape index (κ1) is 13.9. The average molecular weight is 248 g/mol. The van der Waals surface area contributed by atoms with E-state index in [1.54, 1.807) is 0 Å². The van der Waals surface area contributed by atoms with E-state index < -0.39 is 0 Å². The van der Waals surface area contributed by atoms with Crippen LogP contribution >= 0.6 is 0 Å². The molecule has 1 heteroatoms. The first-order chi connectivity index (χ1) is 8.22. The van der Waals surface area contributed by atoms with E-state index in [0.29, 0.717) is 11.8 Å². The molecular weight excluding hydrogens is 220 g/mol. The van der Waals surface area contributed by atoms with Crippen molar-refractivity contribution in [3.63, 3.8) is 0 Å². The zero-order valence-electron chi connectivity index (χ0n) is 12.4. The maximum absolute atomic E-state index is 10.6. The summed E-state index contributed by atoms with van der Waals surface area (Å²) in [5.41, 5.74) is 2.70. The number of hydrogen-bond acceptors (Lipinski definition) is 1. The molecular formula is C17H28O. The lowest BCUT2D eigenvalue weighted by molar-refractivity contribution is -0.110. The highest BCUT2D eigenvalue weighted by atomic mass is 16.3. The van der Waals surface area contributed by atoms with Crippen molar-refractivity contribution < 1.29 is 5.11 Å². The van der Waals surface area contributed by atoms with Crippen molar-refractivity contribution in [1.82, 2.24) is 0 Å². The Balaban J connectivity index is 2.39. The number of hydrogen-bond donors (Lipinski definition) is 1. The van der Waals surface area contributed by atoms with E-state index in [4.69, 9.17) is 0 Å². The third-order valence-electron chi connectivity index (χ3n) is 6.24. The van der Waals surface area contributed by atoms with Gasteiger partial charge in [0.15, 0.2) is 0 Å². The average Bonchev–Trinajstić information content (AvgIpc) is 2.29. The van der Waals surface area contributed by atoms with Gasteiger partial charge < -0.3 is 5.11 Å². The monoisotopic (exact) mass is 248 g/mol.